The molecule has 2 aromatic rings. The van der Waals surface area contributed by atoms with Gasteiger partial charge in [-0.1, -0.05) is 86.4 Å². The highest BCUT2D eigenvalue weighted by Crippen LogP contribution is 2.22. The van der Waals surface area contributed by atoms with Gasteiger partial charge in [0.25, 0.3) is 0 Å². The summed E-state index contributed by atoms with van der Waals surface area (Å²) in [4.78, 5) is 5.41. The van der Waals surface area contributed by atoms with Crippen LogP contribution in [0.1, 0.15) is 43.6 Å². The summed E-state index contributed by atoms with van der Waals surface area (Å²) >= 11 is 0. The largest absolute Gasteiger partial charge is 0.374 e. The molecule has 0 spiro atoms. The van der Waals surface area contributed by atoms with E-state index < -0.39 is 6.10 Å². The van der Waals surface area contributed by atoms with Crippen molar-refractivity contribution in [1.29, 1.82) is 0 Å². The van der Waals surface area contributed by atoms with Gasteiger partial charge in [-0.15, -0.1) is 6.42 Å². The van der Waals surface area contributed by atoms with Crippen LogP contribution in [-0.2, 0) is 10.3 Å². The van der Waals surface area contributed by atoms with Crippen LogP contribution in [0, 0.1) is 12.3 Å². The minimum atomic E-state index is -0.466. The minimum Gasteiger partial charge on any atom is -0.374 e. The molecule has 2 aromatic carbocycles. The summed E-state index contributed by atoms with van der Waals surface area (Å²) in [5, 5.41) is 4.01. The Kier molecular flexibility index (Phi) is 5.01. The van der Waals surface area contributed by atoms with Crippen LogP contribution in [0.5, 0.6) is 0 Å². The number of terminal acetylenes is 1. The molecule has 1 atom stereocenters. The lowest BCUT2D eigenvalue weighted by Gasteiger charge is -2.18. The Morgan fingerprint density at radius 3 is 2.23 bits per heavy atom. The average Bonchev–Trinajstić information content (AvgIpc) is 2.52. The zero-order chi connectivity index (χ0) is 16.0. The standard InChI is InChI=1S/C20H21NO/c1-5-19(17-9-7-6-8-10-17)22-21-15-16-11-13-18(14-12-16)20(2,3)4/h1,6-15,19H,2-4H3/b21-15+. The van der Waals surface area contributed by atoms with Crippen molar-refractivity contribution in [3.63, 3.8) is 0 Å². The first-order valence-electron chi connectivity index (χ1n) is 7.31. The number of benzene rings is 2. The Hall–Kier alpha value is -2.53. The van der Waals surface area contributed by atoms with Crippen molar-refractivity contribution in [2.75, 3.05) is 0 Å². The lowest BCUT2D eigenvalue weighted by atomic mass is 9.87. The first kappa shape index (κ1) is 15.9. The Labute approximate surface area is 132 Å². The molecule has 2 heteroatoms. The van der Waals surface area contributed by atoms with E-state index in [0.717, 1.165) is 11.1 Å². The lowest BCUT2D eigenvalue weighted by molar-refractivity contribution is 0.101. The highest BCUT2D eigenvalue weighted by Gasteiger charge is 2.12. The molecule has 0 radical (unpaired) electrons. The van der Waals surface area contributed by atoms with Crippen LogP contribution in [-0.4, -0.2) is 6.21 Å². The van der Waals surface area contributed by atoms with E-state index in [9.17, 15) is 0 Å². The van der Waals surface area contributed by atoms with Crippen LogP contribution in [0.25, 0.3) is 0 Å². The van der Waals surface area contributed by atoms with E-state index in [1.807, 2.05) is 42.5 Å². The highest BCUT2D eigenvalue weighted by molar-refractivity contribution is 5.79. The van der Waals surface area contributed by atoms with Crippen molar-refractivity contribution >= 4 is 6.21 Å². The first-order chi connectivity index (χ1) is 10.5. The molecule has 112 valence electrons. The minimum absolute atomic E-state index is 0.147. The zero-order valence-electron chi connectivity index (χ0n) is 13.3. The molecule has 0 heterocycles. The Balaban J connectivity index is 2.02. The van der Waals surface area contributed by atoms with E-state index in [-0.39, 0.29) is 5.41 Å². The molecule has 0 aromatic heterocycles. The molecule has 2 rings (SSSR count). The maximum Gasteiger partial charge on any atom is 0.212 e. The SMILES string of the molecule is C#CC(O/N=C/c1ccc(C(C)(C)C)cc1)c1ccccc1. The second-order valence-corrected chi connectivity index (χ2v) is 6.17. The number of hydrogen-bond acceptors (Lipinski definition) is 2. The molecule has 0 amide bonds. The third kappa shape index (κ3) is 4.23. The molecule has 0 fully saturated rings. The molecule has 0 aliphatic heterocycles. The maximum absolute atomic E-state index is 5.50. The van der Waals surface area contributed by atoms with E-state index in [1.54, 1.807) is 6.21 Å². The van der Waals surface area contributed by atoms with E-state index in [2.05, 4.69) is 44.0 Å². The predicted octanol–water partition coefficient (Wildman–Crippen LogP) is 4.71. The van der Waals surface area contributed by atoms with E-state index >= 15 is 0 Å². The van der Waals surface area contributed by atoms with Gasteiger partial charge in [-0.3, -0.25) is 0 Å². The van der Waals surface area contributed by atoms with Gasteiger partial charge in [-0.25, -0.2) is 0 Å². The fraction of sp³-hybridized carbons (Fsp3) is 0.250. The summed E-state index contributed by atoms with van der Waals surface area (Å²) < 4.78 is 0. The van der Waals surface area contributed by atoms with E-state index in [4.69, 9.17) is 11.3 Å². The normalized spacial score (nSPS) is 12.8. The molecule has 0 aliphatic rings. The monoisotopic (exact) mass is 291 g/mol. The van der Waals surface area contributed by atoms with Crippen molar-refractivity contribution in [1.82, 2.24) is 0 Å². The van der Waals surface area contributed by atoms with Gasteiger partial charge in [-0.2, -0.15) is 0 Å². The first-order valence-corrected chi connectivity index (χ1v) is 7.31. The molecule has 2 nitrogen and oxygen atoms in total. The summed E-state index contributed by atoms with van der Waals surface area (Å²) in [5.74, 6) is 2.60. The predicted molar refractivity (Wildman–Crippen MR) is 91.8 cm³/mol. The molecule has 1 unspecified atom stereocenters. The third-order valence-corrected chi connectivity index (χ3v) is 3.40. The molecular formula is C20H21NO. The Morgan fingerprint density at radius 2 is 1.68 bits per heavy atom. The Morgan fingerprint density at radius 1 is 1.05 bits per heavy atom. The number of nitrogens with zero attached hydrogens (tertiary/aromatic N) is 1. The summed E-state index contributed by atoms with van der Waals surface area (Å²) in [6, 6.07) is 17.9. The number of oxime groups is 1. The van der Waals surface area contributed by atoms with Gasteiger partial charge < -0.3 is 4.84 Å². The molecular weight excluding hydrogens is 270 g/mol. The van der Waals surface area contributed by atoms with E-state index in [1.165, 1.54) is 5.56 Å². The second kappa shape index (κ2) is 6.95. The molecule has 0 aliphatic carbocycles. The van der Waals surface area contributed by atoms with Crippen LogP contribution in [0.2, 0.25) is 0 Å². The van der Waals surface area contributed by atoms with Gasteiger partial charge >= 0.3 is 0 Å². The topological polar surface area (TPSA) is 21.6 Å². The second-order valence-electron chi connectivity index (χ2n) is 6.17. The fourth-order valence-corrected chi connectivity index (χ4v) is 2.04. The lowest BCUT2D eigenvalue weighted by Crippen LogP contribution is -2.10. The summed E-state index contributed by atoms with van der Waals surface area (Å²) in [6.07, 6.45) is 6.72. The fourth-order valence-electron chi connectivity index (χ4n) is 2.04. The third-order valence-electron chi connectivity index (χ3n) is 3.40. The molecule has 0 saturated carbocycles. The van der Waals surface area contributed by atoms with Crippen molar-refractivity contribution in [2.45, 2.75) is 32.3 Å². The summed E-state index contributed by atoms with van der Waals surface area (Å²) in [5.41, 5.74) is 3.34. The van der Waals surface area contributed by atoms with Crippen molar-refractivity contribution in [3.8, 4) is 12.3 Å². The summed E-state index contributed by atoms with van der Waals surface area (Å²) in [7, 11) is 0. The van der Waals surface area contributed by atoms with Gasteiger partial charge in [-0.05, 0) is 16.5 Å². The van der Waals surface area contributed by atoms with Gasteiger partial charge in [0.2, 0.25) is 6.10 Å². The molecule has 0 saturated heterocycles. The van der Waals surface area contributed by atoms with Crippen LogP contribution >= 0.6 is 0 Å². The van der Waals surface area contributed by atoms with Crippen LogP contribution in [0.4, 0.5) is 0 Å². The van der Waals surface area contributed by atoms with Gasteiger partial charge in [0.05, 0.1) is 6.21 Å². The average molecular weight is 291 g/mol. The molecule has 0 bridgehead atoms. The number of hydrogen-bond donors (Lipinski definition) is 0. The molecule has 0 N–H and O–H groups in total. The maximum atomic E-state index is 5.50. The summed E-state index contributed by atoms with van der Waals surface area (Å²) in [6.45, 7) is 6.57. The molecule has 22 heavy (non-hydrogen) atoms. The van der Waals surface area contributed by atoms with Crippen molar-refractivity contribution < 1.29 is 4.84 Å². The van der Waals surface area contributed by atoms with Crippen LogP contribution in [0.15, 0.2) is 59.8 Å². The Bertz CT molecular complexity index is 658. The van der Waals surface area contributed by atoms with E-state index in [0.29, 0.717) is 0 Å². The van der Waals surface area contributed by atoms with Crippen molar-refractivity contribution in [2.24, 2.45) is 5.16 Å². The quantitative estimate of drug-likeness (QED) is 0.454. The zero-order valence-corrected chi connectivity index (χ0v) is 13.3. The highest BCUT2D eigenvalue weighted by atomic mass is 16.6. The van der Waals surface area contributed by atoms with Crippen LogP contribution < -0.4 is 0 Å². The smallest absolute Gasteiger partial charge is 0.212 e. The van der Waals surface area contributed by atoms with Crippen LogP contribution in [0.3, 0.4) is 0 Å². The number of rotatable bonds is 4. The van der Waals surface area contributed by atoms with Gasteiger partial charge in [0, 0.05) is 5.56 Å². The van der Waals surface area contributed by atoms with Crippen molar-refractivity contribution in [3.05, 3.63) is 71.3 Å². The van der Waals surface area contributed by atoms with Gasteiger partial charge in [0.15, 0.2) is 0 Å². The van der Waals surface area contributed by atoms with Gasteiger partial charge in [0.1, 0.15) is 0 Å².